The quantitative estimate of drug-likeness (QED) is 0.836. The van der Waals surface area contributed by atoms with Gasteiger partial charge in [-0.05, 0) is 49.2 Å². The minimum Gasteiger partial charge on any atom is -0.327 e. The zero-order valence-corrected chi connectivity index (χ0v) is 14.5. The number of benzene rings is 2. The Hall–Kier alpha value is -3.26. The van der Waals surface area contributed by atoms with E-state index in [1.807, 2.05) is 59.5 Å². The van der Waals surface area contributed by atoms with Crippen LogP contribution in [-0.4, -0.2) is 25.0 Å². The van der Waals surface area contributed by atoms with Gasteiger partial charge in [-0.3, -0.25) is 4.79 Å². The summed E-state index contributed by atoms with van der Waals surface area (Å²) in [6.45, 7) is 1.04. The third-order valence-corrected chi connectivity index (χ3v) is 4.10. The zero-order chi connectivity index (χ0) is 18.2. The van der Waals surface area contributed by atoms with Crippen molar-refractivity contribution in [3.63, 3.8) is 0 Å². The van der Waals surface area contributed by atoms with Crippen LogP contribution in [0, 0.1) is 11.8 Å². The highest BCUT2D eigenvalue weighted by atomic mass is 16.2. The van der Waals surface area contributed by atoms with Crippen molar-refractivity contribution in [1.82, 2.24) is 5.32 Å². The monoisotopic (exact) mass is 347 g/mol. The van der Waals surface area contributed by atoms with Crippen molar-refractivity contribution in [1.29, 1.82) is 0 Å². The van der Waals surface area contributed by atoms with Crippen LogP contribution in [0.25, 0.3) is 0 Å². The van der Waals surface area contributed by atoms with Gasteiger partial charge in [-0.25, -0.2) is 4.79 Å². The molecule has 1 aliphatic heterocycles. The summed E-state index contributed by atoms with van der Waals surface area (Å²) in [5.74, 6) is 6.12. The number of rotatable bonds is 3. The molecule has 26 heavy (non-hydrogen) atoms. The average Bonchev–Trinajstić information content (AvgIpc) is 2.67. The largest absolute Gasteiger partial charge is 0.327 e. The first-order chi connectivity index (χ1) is 12.7. The number of urea groups is 1. The predicted octanol–water partition coefficient (Wildman–Crippen LogP) is 3.38. The topological polar surface area (TPSA) is 61.4 Å². The molecule has 2 N–H and O–H groups in total. The minimum absolute atomic E-state index is 0.184. The van der Waals surface area contributed by atoms with Crippen molar-refractivity contribution in [3.05, 3.63) is 60.2 Å². The highest BCUT2D eigenvalue weighted by Gasteiger charge is 2.19. The fraction of sp³-hybridized carbons (Fsp3) is 0.238. The molecule has 0 unspecified atom stereocenters. The Morgan fingerprint density at radius 3 is 2.54 bits per heavy atom. The van der Waals surface area contributed by atoms with Crippen molar-refractivity contribution in [2.24, 2.45) is 0 Å². The average molecular weight is 347 g/mol. The van der Waals surface area contributed by atoms with Crippen molar-refractivity contribution < 1.29 is 9.59 Å². The summed E-state index contributed by atoms with van der Waals surface area (Å²) in [4.78, 5) is 25.5. The second-order valence-corrected chi connectivity index (χ2v) is 6.02. The zero-order valence-electron chi connectivity index (χ0n) is 14.5. The van der Waals surface area contributed by atoms with Gasteiger partial charge >= 0.3 is 6.03 Å². The number of hydrogen-bond donors (Lipinski definition) is 2. The number of anilines is 2. The Labute approximate surface area is 153 Å². The van der Waals surface area contributed by atoms with Gasteiger partial charge in [0.15, 0.2) is 0 Å². The van der Waals surface area contributed by atoms with Crippen LogP contribution in [0.2, 0.25) is 0 Å². The van der Waals surface area contributed by atoms with Gasteiger partial charge in [0.1, 0.15) is 0 Å². The van der Waals surface area contributed by atoms with Crippen molar-refractivity contribution >= 4 is 23.3 Å². The lowest BCUT2D eigenvalue weighted by molar-refractivity contribution is -0.119. The lowest BCUT2D eigenvalue weighted by atomic mass is 10.1. The van der Waals surface area contributed by atoms with Crippen molar-refractivity contribution in [3.8, 4) is 11.8 Å². The van der Waals surface area contributed by atoms with E-state index in [4.69, 9.17) is 0 Å². The van der Waals surface area contributed by atoms with E-state index in [1.54, 1.807) is 0 Å². The van der Waals surface area contributed by atoms with Gasteiger partial charge in [0.25, 0.3) is 0 Å². The summed E-state index contributed by atoms with van der Waals surface area (Å²) in [6, 6.07) is 16.6. The SMILES string of the molecule is O=C(NCC#Cc1ccc(N2CCCCC2=O)cc1)Nc1ccccc1. The molecule has 0 atom stereocenters. The second kappa shape index (κ2) is 8.72. The molecule has 0 spiro atoms. The highest BCUT2D eigenvalue weighted by molar-refractivity contribution is 5.94. The fourth-order valence-electron chi connectivity index (χ4n) is 2.77. The number of para-hydroxylation sites is 1. The summed E-state index contributed by atoms with van der Waals surface area (Å²) in [7, 11) is 0. The molecule has 0 aliphatic carbocycles. The first kappa shape index (κ1) is 17.6. The molecule has 0 saturated carbocycles. The third-order valence-electron chi connectivity index (χ3n) is 4.10. The van der Waals surface area contributed by atoms with Crippen molar-refractivity contribution in [2.75, 3.05) is 23.3 Å². The lowest BCUT2D eigenvalue weighted by Crippen LogP contribution is -2.35. The van der Waals surface area contributed by atoms with Gasteiger partial charge in [-0.15, -0.1) is 0 Å². The van der Waals surface area contributed by atoms with Crippen LogP contribution in [0.4, 0.5) is 16.2 Å². The van der Waals surface area contributed by atoms with E-state index < -0.39 is 0 Å². The molecule has 1 fully saturated rings. The van der Waals surface area contributed by atoms with Crippen LogP contribution < -0.4 is 15.5 Å². The number of hydrogen-bond acceptors (Lipinski definition) is 2. The molecule has 1 saturated heterocycles. The molecular weight excluding hydrogens is 326 g/mol. The van der Waals surface area contributed by atoms with Crippen LogP contribution in [0.3, 0.4) is 0 Å². The number of carbonyl (C=O) groups is 2. The first-order valence-electron chi connectivity index (χ1n) is 8.71. The minimum atomic E-state index is -0.288. The van der Waals surface area contributed by atoms with E-state index in [-0.39, 0.29) is 18.5 Å². The number of amides is 3. The molecule has 2 aromatic carbocycles. The molecule has 2 aromatic rings. The standard InChI is InChI=1S/C21H21N3O2/c25-20-10-4-5-16-24(20)19-13-11-17(12-14-19)7-6-15-22-21(26)23-18-8-2-1-3-9-18/h1-3,8-9,11-14H,4-5,10,15-16H2,(H2,22,23,26). The predicted molar refractivity (Wildman–Crippen MR) is 103 cm³/mol. The van der Waals surface area contributed by atoms with Gasteiger partial charge in [-0.1, -0.05) is 30.0 Å². The molecule has 3 amide bonds. The Morgan fingerprint density at radius 2 is 1.81 bits per heavy atom. The maximum absolute atomic E-state index is 11.9. The van der Waals surface area contributed by atoms with Crippen LogP contribution in [0.15, 0.2) is 54.6 Å². The Morgan fingerprint density at radius 1 is 1.04 bits per heavy atom. The Balaban J connectivity index is 1.49. The molecule has 3 rings (SSSR count). The van der Waals surface area contributed by atoms with Gasteiger partial charge in [0.2, 0.25) is 5.91 Å². The lowest BCUT2D eigenvalue weighted by Gasteiger charge is -2.26. The fourth-order valence-corrected chi connectivity index (χ4v) is 2.77. The van der Waals surface area contributed by atoms with Crippen LogP contribution >= 0.6 is 0 Å². The Bertz CT molecular complexity index is 820. The van der Waals surface area contributed by atoms with Crippen LogP contribution in [-0.2, 0) is 4.79 Å². The van der Waals surface area contributed by atoms with E-state index in [2.05, 4.69) is 22.5 Å². The van der Waals surface area contributed by atoms with Gasteiger partial charge < -0.3 is 15.5 Å². The summed E-state index contributed by atoms with van der Waals surface area (Å²) in [6.07, 6.45) is 2.64. The van der Waals surface area contributed by atoms with Crippen LogP contribution in [0.1, 0.15) is 24.8 Å². The molecule has 5 nitrogen and oxygen atoms in total. The van der Waals surface area contributed by atoms with E-state index in [0.717, 1.165) is 36.3 Å². The smallest absolute Gasteiger partial charge is 0.319 e. The third kappa shape index (κ3) is 4.87. The maximum Gasteiger partial charge on any atom is 0.319 e. The van der Waals surface area contributed by atoms with Gasteiger partial charge in [0.05, 0.1) is 6.54 Å². The molecule has 1 heterocycles. The van der Waals surface area contributed by atoms with E-state index in [9.17, 15) is 9.59 Å². The number of piperidine rings is 1. The first-order valence-corrected chi connectivity index (χ1v) is 8.71. The summed E-state index contributed by atoms with van der Waals surface area (Å²) in [5.41, 5.74) is 2.50. The van der Waals surface area contributed by atoms with Crippen molar-refractivity contribution in [2.45, 2.75) is 19.3 Å². The van der Waals surface area contributed by atoms with Crippen LogP contribution in [0.5, 0.6) is 0 Å². The highest BCUT2D eigenvalue weighted by Crippen LogP contribution is 2.20. The van der Waals surface area contributed by atoms with E-state index in [1.165, 1.54) is 0 Å². The number of carbonyl (C=O) groups excluding carboxylic acids is 2. The van der Waals surface area contributed by atoms with E-state index >= 15 is 0 Å². The number of nitrogens with one attached hydrogen (secondary N) is 2. The van der Waals surface area contributed by atoms with Gasteiger partial charge in [0, 0.05) is 29.9 Å². The molecule has 0 radical (unpaired) electrons. The van der Waals surface area contributed by atoms with Gasteiger partial charge in [-0.2, -0.15) is 0 Å². The molecule has 5 heteroatoms. The summed E-state index contributed by atoms with van der Waals surface area (Å²) < 4.78 is 0. The molecule has 132 valence electrons. The number of nitrogens with zero attached hydrogens (tertiary/aromatic N) is 1. The molecule has 1 aliphatic rings. The summed E-state index contributed by atoms with van der Waals surface area (Å²) in [5, 5.41) is 5.43. The maximum atomic E-state index is 11.9. The molecular formula is C21H21N3O2. The second-order valence-electron chi connectivity index (χ2n) is 6.02. The van der Waals surface area contributed by atoms with E-state index in [0.29, 0.717) is 6.42 Å². The normalized spacial score (nSPS) is 13.5. The summed E-state index contributed by atoms with van der Waals surface area (Å²) >= 11 is 0. The molecule has 0 aromatic heterocycles. The molecule has 0 bridgehead atoms. The Kier molecular flexibility index (Phi) is 5.89.